The Bertz CT molecular complexity index is 468. The van der Waals surface area contributed by atoms with Crippen LogP contribution < -0.4 is 10.9 Å². The predicted molar refractivity (Wildman–Crippen MR) is 61.4 cm³/mol. The van der Waals surface area contributed by atoms with Crippen molar-refractivity contribution in [2.75, 3.05) is 6.54 Å². The fourth-order valence-corrected chi connectivity index (χ4v) is 1.78. The summed E-state index contributed by atoms with van der Waals surface area (Å²) in [6.07, 6.45) is -5.12. The van der Waals surface area contributed by atoms with Gasteiger partial charge in [-0.15, -0.1) is 0 Å². The molecule has 1 atom stereocenters. The Balaban J connectivity index is 2.73. The van der Waals surface area contributed by atoms with Crippen LogP contribution in [0, 0.1) is 13.8 Å². The van der Waals surface area contributed by atoms with E-state index in [0.29, 0.717) is 17.1 Å². The van der Waals surface area contributed by atoms with Crippen LogP contribution >= 0.6 is 0 Å². The summed E-state index contributed by atoms with van der Waals surface area (Å²) in [5, 5.41) is 2.68. The van der Waals surface area contributed by atoms with Crippen molar-refractivity contribution < 1.29 is 13.2 Å². The molecule has 1 unspecified atom stereocenters. The first-order valence-electron chi connectivity index (χ1n) is 5.58. The highest BCUT2D eigenvalue weighted by Crippen LogP contribution is 2.19. The van der Waals surface area contributed by atoms with Gasteiger partial charge in [0.25, 0.3) is 5.56 Å². The maximum atomic E-state index is 12.0. The van der Waals surface area contributed by atoms with Crippen molar-refractivity contribution in [1.29, 1.82) is 0 Å². The van der Waals surface area contributed by atoms with E-state index >= 15 is 0 Å². The van der Waals surface area contributed by atoms with Gasteiger partial charge >= 0.3 is 6.18 Å². The van der Waals surface area contributed by atoms with Crippen LogP contribution in [0.4, 0.5) is 13.2 Å². The Labute approximate surface area is 103 Å². The number of H-pyrrole nitrogens is 1. The fraction of sp³-hybridized carbons (Fsp3) is 0.636. The van der Waals surface area contributed by atoms with Crippen LogP contribution in [-0.4, -0.2) is 22.7 Å². The Kier molecular flexibility index (Phi) is 4.50. The summed E-state index contributed by atoms with van der Waals surface area (Å²) < 4.78 is 36.0. The van der Waals surface area contributed by atoms with Crippen LogP contribution in [0.3, 0.4) is 0 Å². The van der Waals surface area contributed by atoms with E-state index in [-0.39, 0.29) is 12.1 Å². The summed E-state index contributed by atoms with van der Waals surface area (Å²) >= 11 is 0. The molecule has 0 bridgehead atoms. The molecule has 1 rings (SSSR count). The summed E-state index contributed by atoms with van der Waals surface area (Å²) in [6, 6.07) is -0.468. The molecule has 0 fully saturated rings. The highest BCUT2D eigenvalue weighted by atomic mass is 19.4. The van der Waals surface area contributed by atoms with Crippen LogP contribution in [0.15, 0.2) is 4.79 Å². The molecule has 0 aliphatic heterocycles. The molecule has 0 aliphatic rings. The number of halogens is 3. The lowest BCUT2D eigenvalue weighted by Crippen LogP contribution is -2.30. The third kappa shape index (κ3) is 4.14. The summed E-state index contributed by atoms with van der Waals surface area (Å²) in [5.41, 5.74) is 0.595. The number of alkyl halides is 3. The molecule has 4 nitrogen and oxygen atoms in total. The Morgan fingerprint density at radius 2 is 2.00 bits per heavy atom. The minimum atomic E-state index is -4.19. The Morgan fingerprint density at radius 1 is 1.39 bits per heavy atom. The normalized spacial score (nSPS) is 13.7. The summed E-state index contributed by atoms with van der Waals surface area (Å²) in [7, 11) is 0. The van der Waals surface area contributed by atoms with Crippen molar-refractivity contribution in [2.24, 2.45) is 0 Å². The quantitative estimate of drug-likeness (QED) is 0.873. The molecule has 2 N–H and O–H groups in total. The second-order valence-electron chi connectivity index (χ2n) is 4.19. The molecular formula is C11H16F3N3O. The number of hydrogen-bond acceptors (Lipinski definition) is 3. The Morgan fingerprint density at radius 3 is 2.50 bits per heavy atom. The molecule has 102 valence electrons. The maximum Gasteiger partial charge on any atom is 0.390 e. The first kappa shape index (κ1) is 14.7. The molecule has 0 aliphatic carbocycles. The van der Waals surface area contributed by atoms with Gasteiger partial charge in [-0.2, -0.15) is 13.2 Å². The molecule has 0 saturated carbocycles. The SMILES string of the molecule is Cc1nc(C)c(C(C)NCCC(F)(F)F)c(=O)[nH]1. The largest absolute Gasteiger partial charge is 0.390 e. The number of nitrogens with one attached hydrogen (secondary N) is 2. The average Bonchev–Trinajstić information content (AvgIpc) is 2.13. The van der Waals surface area contributed by atoms with Crippen LogP contribution in [0.1, 0.15) is 36.5 Å². The van der Waals surface area contributed by atoms with Crippen molar-refractivity contribution >= 4 is 0 Å². The lowest BCUT2D eigenvalue weighted by atomic mass is 10.1. The van der Waals surface area contributed by atoms with Gasteiger partial charge in [-0.05, 0) is 20.8 Å². The van der Waals surface area contributed by atoms with Crippen molar-refractivity contribution in [3.63, 3.8) is 0 Å². The van der Waals surface area contributed by atoms with E-state index in [4.69, 9.17) is 0 Å². The second-order valence-corrected chi connectivity index (χ2v) is 4.19. The van der Waals surface area contributed by atoms with E-state index in [9.17, 15) is 18.0 Å². The third-order valence-corrected chi connectivity index (χ3v) is 2.56. The van der Waals surface area contributed by atoms with E-state index in [0.717, 1.165) is 0 Å². The summed E-state index contributed by atoms with van der Waals surface area (Å²) in [6.45, 7) is 4.74. The van der Waals surface area contributed by atoms with Crippen molar-refractivity contribution in [3.05, 3.63) is 27.4 Å². The molecule has 0 spiro atoms. The van der Waals surface area contributed by atoms with Gasteiger partial charge in [0.15, 0.2) is 0 Å². The molecule has 0 aromatic carbocycles. The van der Waals surface area contributed by atoms with E-state index in [1.807, 2.05) is 0 Å². The van der Waals surface area contributed by atoms with E-state index in [2.05, 4.69) is 15.3 Å². The number of nitrogens with zero attached hydrogens (tertiary/aromatic N) is 1. The number of aryl methyl sites for hydroxylation is 2. The zero-order valence-corrected chi connectivity index (χ0v) is 10.5. The van der Waals surface area contributed by atoms with Crippen molar-refractivity contribution in [3.8, 4) is 0 Å². The van der Waals surface area contributed by atoms with Crippen LogP contribution in [0.25, 0.3) is 0 Å². The van der Waals surface area contributed by atoms with Gasteiger partial charge in [-0.25, -0.2) is 4.98 Å². The van der Waals surface area contributed by atoms with Crippen LogP contribution in [-0.2, 0) is 0 Å². The van der Waals surface area contributed by atoms with Gasteiger partial charge in [0.1, 0.15) is 5.82 Å². The number of aromatic nitrogens is 2. The molecular weight excluding hydrogens is 247 g/mol. The first-order chi connectivity index (χ1) is 8.20. The topological polar surface area (TPSA) is 57.8 Å². The van der Waals surface area contributed by atoms with Gasteiger partial charge in [0, 0.05) is 18.3 Å². The maximum absolute atomic E-state index is 12.0. The van der Waals surface area contributed by atoms with Crippen molar-refractivity contribution in [1.82, 2.24) is 15.3 Å². The first-order valence-corrected chi connectivity index (χ1v) is 5.58. The average molecular weight is 263 g/mol. The smallest absolute Gasteiger partial charge is 0.310 e. The zero-order chi connectivity index (χ0) is 13.9. The number of hydrogen-bond donors (Lipinski definition) is 2. The summed E-state index contributed by atoms with van der Waals surface area (Å²) in [5.74, 6) is 0.490. The van der Waals surface area contributed by atoms with Gasteiger partial charge in [-0.1, -0.05) is 0 Å². The summed E-state index contributed by atoms with van der Waals surface area (Å²) in [4.78, 5) is 18.3. The molecule has 0 saturated heterocycles. The van der Waals surface area contributed by atoms with Gasteiger partial charge in [-0.3, -0.25) is 4.79 Å². The van der Waals surface area contributed by atoms with Gasteiger partial charge in [0.2, 0.25) is 0 Å². The lowest BCUT2D eigenvalue weighted by Gasteiger charge is -2.16. The van der Waals surface area contributed by atoms with Crippen molar-refractivity contribution in [2.45, 2.75) is 39.4 Å². The van der Waals surface area contributed by atoms with Crippen LogP contribution in [0.2, 0.25) is 0 Å². The Hall–Kier alpha value is -1.37. The third-order valence-electron chi connectivity index (χ3n) is 2.56. The highest BCUT2D eigenvalue weighted by Gasteiger charge is 2.26. The minimum absolute atomic E-state index is 0.225. The molecule has 1 heterocycles. The van der Waals surface area contributed by atoms with E-state index in [1.165, 1.54) is 0 Å². The standard InChI is InChI=1S/C11H16F3N3O/c1-6(15-5-4-11(12,13)14)9-7(2)16-8(3)17-10(9)18/h6,15H,4-5H2,1-3H3,(H,16,17,18). The lowest BCUT2D eigenvalue weighted by molar-refractivity contribution is -0.133. The van der Waals surface area contributed by atoms with Crippen LogP contribution in [0.5, 0.6) is 0 Å². The highest BCUT2D eigenvalue weighted by molar-refractivity contribution is 5.19. The van der Waals surface area contributed by atoms with E-state index in [1.54, 1.807) is 20.8 Å². The molecule has 1 aromatic heterocycles. The minimum Gasteiger partial charge on any atom is -0.310 e. The molecule has 0 radical (unpaired) electrons. The predicted octanol–water partition coefficient (Wildman–Crippen LogP) is 1.99. The molecule has 18 heavy (non-hydrogen) atoms. The number of rotatable bonds is 4. The monoisotopic (exact) mass is 263 g/mol. The van der Waals surface area contributed by atoms with Gasteiger partial charge < -0.3 is 10.3 Å². The van der Waals surface area contributed by atoms with E-state index < -0.39 is 18.6 Å². The fourth-order valence-electron chi connectivity index (χ4n) is 1.78. The molecule has 7 heteroatoms. The number of aromatic amines is 1. The zero-order valence-electron chi connectivity index (χ0n) is 10.5. The second kappa shape index (κ2) is 5.51. The molecule has 1 aromatic rings. The van der Waals surface area contributed by atoms with Gasteiger partial charge in [0.05, 0.1) is 12.0 Å². The molecule has 0 amide bonds.